The molecule has 0 aliphatic rings. The number of fused-ring (bicyclic) bond motifs is 1. The first-order valence-electron chi connectivity index (χ1n) is 3.88. The molecular weight excluding hydrogens is 248 g/mol. The highest BCUT2D eigenvalue weighted by Gasteiger charge is 2.06. The first-order chi connectivity index (χ1) is 6.22. The molecule has 13 heavy (non-hydrogen) atoms. The Morgan fingerprint density at radius 2 is 2.23 bits per heavy atom. The van der Waals surface area contributed by atoms with Gasteiger partial charge in [-0.2, -0.15) is 5.10 Å². The zero-order valence-electron chi connectivity index (χ0n) is 7.41. The largest absolute Gasteiger partial charge is 0.275 e. The molecule has 0 unspecified atom stereocenters. The number of hydrogen-bond acceptors (Lipinski definition) is 2. The molecule has 0 atom stereocenters. The molecule has 2 nitrogen and oxygen atoms in total. The summed E-state index contributed by atoms with van der Waals surface area (Å²) in [7, 11) is 1.94. The lowest BCUT2D eigenvalue weighted by molar-refractivity contribution is 0.779. The van der Waals surface area contributed by atoms with Gasteiger partial charge >= 0.3 is 0 Å². The van der Waals surface area contributed by atoms with Crippen molar-refractivity contribution >= 4 is 38.6 Å². The van der Waals surface area contributed by atoms with Crippen LogP contribution in [0.15, 0.2) is 27.7 Å². The fourth-order valence-corrected chi connectivity index (χ4v) is 2.73. The number of hydrogen-bond donors (Lipinski definition) is 0. The van der Waals surface area contributed by atoms with Crippen molar-refractivity contribution in [3.05, 3.63) is 22.8 Å². The summed E-state index contributed by atoms with van der Waals surface area (Å²) in [6.45, 7) is 0. The van der Waals surface area contributed by atoms with Gasteiger partial charge in [-0.05, 0) is 34.3 Å². The van der Waals surface area contributed by atoms with Crippen LogP contribution in [0, 0.1) is 0 Å². The number of benzene rings is 1. The van der Waals surface area contributed by atoms with Gasteiger partial charge < -0.3 is 0 Å². The van der Waals surface area contributed by atoms with Gasteiger partial charge in [0.05, 0.1) is 5.52 Å². The maximum Gasteiger partial charge on any atom is 0.0935 e. The summed E-state index contributed by atoms with van der Waals surface area (Å²) >= 11 is 5.32. The highest BCUT2D eigenvalue weighted by atomic mass is 79.9. The van der Waals surface area contributed by atoms with Crippen LogP contribution in [0.4, 0.5) is 0 Å². The molecule has 68 valence electrons. The minimum atomic E-state index is 1.03. The molecule has 4 heteroatoms. The van der Waals surface area contributed by atoms with Gasteiger partial charge in [-0.25, -0.2) is 0 Å². The quantitative estimate of drug-likeness (QED) is 0.731. The molecule has 0 radical (unpaired) electrons. The average molecular weight is 257 g/mol. The van der Waals surface area contributed by atoms with Crippen molar-refractivity contribution < 1.29 is 0 Å². The number of nitrogens with zero attached hydrogens (tertiary/aromatic N) is 2. The van der Waals surface area contributed by atoms with Crippen LogP contribution in [0.3, 0.4) is 0 Å². The Morgan fingerprint density at radius 1 is 1.46 bits per heavy atom. The Balaban J connectivity index is 2.78. The van der Waals surface area contributed by atoms with Crippen molar-refractivity contribution in [2.24, 2.45) is 7.05 Å². The minimum Gasteiger partial charge on any atom is -0.275 e. The summed E-state index contributed by atoms with van der Waals surface area (Å²) < 4.78 is 2.98. The smallest absolute Gasteiger partial charge is 0.0935 e. The highest BCUT2D eigenvalue weighted by molar-refractivity contribution is 9.10. The van der Waals surface area contributed by atoms with E-state index in [9.17, 15) is 0 Å². The van der Waals surface area contributed by atoms with Crippen LogP contribution in [0.2, 0.25) is 0 Å². The Morgan fingerprint density at radius 3 is 2.92 bits per heavy atom. The Hall–Kier alpha value is -0.480. The normalized spacial score (nSPS) is 11.0. The standard InChI is InChI=1S/C9H9BrN2S/c1-12-5-6-7(11-12)3-4-8(13-2)9(6)10/h3-5H,1-2H3. The molecule has 0 saturated heterocycles. The van der Waals surface area contributed by atoms with E-state index in [1.807, 2.05) is 24.0 Å². The van der Waals surface area contributed by atoms with E-state index in [4.69, 9.17) is 0 Å². The van der Waals surface area contributed by atoms with E-state index in [-0.39, 0.29) is 0 Å². The number of thioether (sulfide) groups is 1. The minimum absolute atomic E-state index is 1.03. The number of aromatic nitrogens is 2. The lowest BCUT2D eigenvalue weighted by Crippen LogP contribution is -1.84. The second-order valence-electron chi connectivity index (χ2n) is 2.82. The van der Waals surface area contributed by atoms with Gasteiger partial charge in [-0.1, -0.05) is 0 Å². The van der Waals surface area contributed by atoms with Gasteiger partial charge in [0.25, 0.3) is 0 Å². The van der Waals surface area contributed by atoms with Crippen molar-refractivity contribution in [3.8, 4) is 0 Å². The fourth-order valence-electron chi connectivity index (χ4n) is 1.32. The van der Waals surface area contributed by atoms with Crippen LogP contribution in [0.25, 0.3) is 10.9 Å². The van der Waals surface area contributed by atoms with Crippen LogP contribution in [0.5, 0.6) is 0 Å². The highest BCUT2D eigenvalue weighted by Crippen LogP contribution is 2.32. The van der Waals surface area contributed by atoms with Crippen molar-refractivity contribution in [1.82, 2.24) is 9.78 Å². The Labute approximate surface area is 89.4 Å². The van der Waals surface area contributed by atoms with Gasteiger partial charge in [0.1, 0.15) is 0 Å². The SMILES string of the molecule is CSc1ccc2nn(C)cc2c1Br. The molecule has 0 spiro atoms. The molecular formula is C9H9BrN2S. The summed E-state index contributed by atoms with van der Waals surface area (Å²) in [6, 6.07) is 4.13. The fraction of sp³-hybridized carbons (Fsp3) is 0.222. The summed E-state index contributed by atoms with van der Waals surface area (Å²) in [6.07, 6.45) is 4.10. The molecule has 0 aliphatic heterocycles. The van der Waals surface area contributed by atoms with Crippen LogP contribution < -0.4 is 0 Å². The lowest BCUT2D eigenvalue weighted by atomic mass is 10.3. The van der Waals surface area contributed by atoms with E-state index >= 15 is 0 Å². The van der Waals surface area contributed by atoms with Crippen LogP contribution >= 0.6 is 27.7 Å². The van der Waals surface area contributed by atoms with Crippen molar-refractivity contribution in [3.63, 3.8) is 0 Å². The van der Waals surface area contributed by atoms with Crippen molar-refractivity contribution in [1.29, 1.82) is 0 Å². The maximum absolute atomic E-state index is 4.33. The van der Waals surface area contributed by atoms with Crippen molar-refractivity contribution in [2.75, 3.05) is 6.26 Å². The van der Waals surface area contributed by atoms with Crippen LogP contribution in [-0.2, 0) is 7.05 Å². The molecule has 0 N–H and O–H groups in total. The molecule has 0 aliphatic carbocycles. The summed E-state index contributed by atoms with van der Waals surface area (Å²) in [4.78, 5) is 1.25. The summed E-state index contributed by atoms with van der Waals surface area (Å²) in [5, 5.41) is 5.50. The van der Waals surface area contributed by atoms with E-state index in [0.717, 1.165) is 9.99 Å². The Bertz CT molecular complexity index is 450. The number of rotatable bonds is 1. The van der Waals surface area contributed by atoms with Gasteiger partial charge in [0, 0.05) is 28.0 Å². The monoisotopic (exact) mass is 256 g/mol. The molecule has 1 aromatic carbocycles. The molecule has 1 heterocycles. The van der Waals surface area contributed by atoms with E-state index in [1.165, 1.54) is 10.3 Å². The van der Waals surface area contributed by atoms with E-state index < -0.39 is 0 Å². The van der Waals surface area contributed by atoms with Gasteiger partial charge in [-0.3, -0.25) is 4.68 Å². The second kappa shape index (κ2) is 3.35. The van der Waals surface area contributed by atoms with Gasteiger partial charge in [0.15, 0.2) is 0 Å². The molecule has 2 rings (SSSR count). The molecule has 1 aromatic heterocycles. The lowest BCUT2D eigenvalue weighted by Gasteiger charge is -1.99. The van der Waals surface area contributed by atoms with E-state index in [0.29, 0.717) is 0 Å². The van der Waals surface area contributed by atoms with Crippen LogP contribution in [-0.4, -0.2) is 16.0 Å². The average Bonchev–Trinajstić information content (AvgIpc) is 2.47. The maximum atomic E-state index is 4.33. The number of aryl methyl sites for hydroxylation is 1. The third-order valence-electron chi connectivity index (χ3n) is 1.92. The molecule has 0 bridgehead atoms. The third kappa shape index (κ3) is 1.48. The van der Waals surface area contributed by atoms with Crippen molar-refractivity contribution in [2.45, 2.75) is 4.90 Å². The Kier molecular flexibility index (Phi) is 2.34. The zero-order valence-corrected chi connectivity index (χ0v) is 9.82. The second-order valence-corrected chi connectivity index (χ2v) is 4.46. The predicted molar refractivity (Wildman–Crippen MR) is 60.2 cm³/mol. The molecule has 0 saturated carbocycles. The van der Waals surface area contributed by atoms with Crippen LogP contribution in [0.1, 0.15) is 0 Å². The van der Waals surface area contributed by atoms with E-state index in [1.54, 1.807) is 11.8 Å². The predicted octanol–water partition coefficient (Wildman–Crippen LogP) is 3.06. The molecule has 0 fully saturated rings. The first-order valence-corrected chi connectivity index (χ1v) is 5.90. The summed E-state index contributed by atoms with van der Waals surface area (Å²) in [5.41, 5.74) is 1.03. The molecule has 2 aromatic rings. The van der Waals surface area contributed by atoms with Gasteiger partial charge in [-0.15, -0.1) is 11.8 Å². The topological polar surface area (TPSA) is 17.8 Å². The summed E-state index contributed by atoms with van der Waals surface area (Å²) in [5.74, 6) is 0. The number of halogens is 1. The first kappa shape index (κ1) is 9.09. The third-order valence-corrected chi connectivity index (χ3v) is 3.82. The zero-order chi connectivity index (χ0) is 9.42. The molecule has 0 amide bonds. The van der Waals surface area contributed by atoms with E-state index in [2.05, 4.69) is 33.4 Å². The van der Waals surface area contributed by atoms with Gasteiger partial charge in [0.2, 0.25) is 0 Å².